The summed E-state index contributed by atoms with van der Waals surface area (Å²) in [5.41, 5.74) is 8.45. The number of benzene rings is 2. The van der Waals surface area contributed by atoms with Crippen molar-refractivity contribution in [1.29, 1.82) is 0 Å². The zero-order valence-corrected chi connectivity index (χ0v) is 21.3. The van der Waals surface area contributed by atoms with Crippen LogP contribution in [0.2, 0.25) is 0 Å². The fourth-order valence-corrected chi connectivity index (χ4v) is 5.30. The molecule has 4 N–H and O–H groups in total. The van der Waals surface area contributed by atoms with Crippen molar-refractivity contribution in [1.82, 2.24) is 19.8 Å². The standard InChI is InChI=1S/C27H30FN7O4/c28-18-9-11-19(12-10-18)31-27(37)34-15-25-22(13-24(34)26(36)32-21-7-3-2-6-20(21)29)30-16-33(25)14-17-5-1-4-8-23(17)35(38)39/h1,4-5,8-12,16,20-21,24H,2-3,6-7,13-15,29H2,(H,31,37)(H,32,36). The molecule has 3 amide bonds. The summed E-state index contributed by atoms with van der Waals surface area (Å²) in [5, 5.41) is 17.3. The molecule has 2 aromatic carbocycles. The molecule has 0 radical (unpaired) electrons. The molecule has 1 fully saturated rings. The maximum atomic E-state index is 13.5. The quantitative estimate of drug-likeness (QED) is 0.326. The Balaban J connectivity index is 1.42. The van der Waals surface area contributed by atoms with Crippen LogP contribution in [-0.2, 0) is 24.3 Å². The molecule has 5 rings (SSSR count). The molecule has 1 aliphatic heterocycles. The molecule has 39 heavy (non-hydrogen) atoms. The molecule has 1 aliphatic carbocycles. The van der Waals surface area contributed by atoms with Crippen molar-refractivity contribution in [3.8, 4) is 0 Å². The van der Waals surface area contributed by atoms with Gasteiger partial charge in [-0.3, -0.25) is 14.9 Å². The third kappa shape index (κ3) is 5.75. The van der Waals surface area contributed by atoms with Gasteiger partial charge in [-0.1, -0.05) is 31.0 Å². The summed E-state index contributed by atoms with van der Waals surface area (Å²) in [5.74, 6) is -0.749. The zero-order valence-electron chi connectivity index (χ0n) is 21.3. The van der Waals surface area contributed by atoms with Crippen molar-refractivity contribution in [2.75, 3.05) is 5.32 Å². The van der Waals surface area contributed by atoms with Gasteiger partial charge in [-0.15, -0.1) is 0 Å². The van der Waals surface area contributed by atoms with Gasteiger partial charge in [0.25, 0.3) is 5.69 Å². The number of hydrogen-bond acceptors (Lipinski definition) is 6. The molecule has 2 heterocycles. The number of nitro benzene ring substituents is 1. The molecule has 204 valence electrons. The molecule has 1 saturated carbocycles. The second-order valence-electron chi connectivity index (χ2n) is 10.00. The number of halogens is 1. The summed E-state index contributed by atoms with van der Waals surface area (Å²) in [4.78, 5) is 44.0. The average molecular weight is 536 g/mol. The van der Waals surface area contributed by atoms with Gasteiger partial charge in [0, 0.05) is 35.8 Å². The number of imidazole rings is 1. The first-order chi connectivity index (χ1) is 18.8. The highest BCUT2D eigenvalue weighted by atomic mass is 19.1. The van der Waals surface area contributed by atoms with Gasteiger partial charge in [0.15, 0.2) is 0 Å². The van der Waals surface area contributed by atoms with Crippen LogP contribution in [0.25, 0.3) is 0 Å². The van der Waals surface area contributed by atoms with E-state index in [0.29, 0.717) is 22.6 Å². The number of nitrogens with two attached hydrogens (primary N) is 1. The lowest BCUT2D eigenvalue weighted by molar-refractivity contribution is -0.385. The summed E-state index contributed by atoms with van der Waals surface area (Å²) in [6.45, 7) is 0.235. The van der Waals surface area contributed by atoms with E-state index in [1.807, 2.05) is 0 Å². The lowest BCUT2D eigenvalue weighted by Crippen LogP contribution is -2.58. The summed E-state index contributed by atoms with van der Waals surface area (Å²) < 4.78 is 15.2. The maximum absolute atomic E-state index is 13.5. The van der Waals surface area contributed by atoms with Crippen LogP contribution in [0.4, 0.5) is 20.6 Å². The van der Waals surface area contributed by atoms with Crippen LogP contribution in [0, 0.1) is 15.9 Å². The highest BCUT2D eigenvalue weighted by Gasteiger charge is 2.38. The van der Waals surface area contributed by atoms with E-state index in [1.165, 1.54) is 35.2 Å². The van der Waals surface area contributed by atoms with Crippen LogP contribution in [0.3, 0.4) is 0 Å². The summed E-state index contributed by atoms with van der Waals surface area (Å²) in [6, 6.07) is 10.1. The number of rotatable bonds is 6. The highest BCUT2D eigenvalue weighted by molar-refractivity contribution is 5.94. The first-order valence-corrected chi connectivity index (χ1v) is 12.9. The van der Waals surface area contributed by atoms with Crippen molar-refractivity contribution in [3.05, 3.63) is 87.7 Å². The van der Waals surface area contributed by atoms with Gasteiger partial charge in [-0.05, 0) is 37.1 Å². The Labute approximate surface area is 224 Å². The van der Waals surface area contributed by atoms with Crippen LogP contribution in [0.15, 0.2) is 54.9 Å². The van der Waals surface area contributed by atoms with Crippen LogP contribution < -0.4 is 16.4 Å². The van der Waals surface area contributed by atoms with Crippen molar-refractivity contribution in [3.63, 3.8) is 0 Å². The highest BCUT2D eigenvalue weighted by Crippen LogP contribution is 2.27. The zero-order chi connectivity index (χ0) is 27.5. The number of urea groups is 1. The number of aromatic nitrogens is 2. The van der Waals surface area contributed by atoms with E-state index in [9.17, 15) is 24.1 Å². The fourth-order valence-electron chi connectivity index (χ4n) is 5.30. The minimum absolute atomic E-state index is 0.0113. The Kier molecular flexibility index (Phi) is 7.55. The third-order valence-corrected chi connectivity index (χ3v) is 7.45. The normalized spacial score (nSPS) is 20.7. The lowest BCUT2D eigenvalue weighted by Gasteiger charge is -2.37. The Hall–Kier alpha value is -4.32. The number of nitrogens with zero attached hydrogens (tertiary/aromatic N) is 4. The Morgan fingerprint density at radius 2 is 1.87 bits per heavy atom. The number of anilines is 1. The van der Waals surface area contributed by atoms with E-state index in [-0.39, 0.29) is 43.2 Å². The molecule has 3 aromatic rings. The van der Waals surface area contributed by atoms with Crippen LogP contribution in [-0.4, -0.2) is 49.4 Å². The maximum Gasteiger partial charge on any atom is 0.322 e. The van der Waals surface area contributed by atoms with Crippen LogP contribution >= 0.6 is 0 Å². The van der Waals surface area contributed by atoms with E-state index in [1.54, 1.807) is 29.1 Å². The molecule has 11 nitrogen and oxygen atoms in total. The molecule has 0 spiro atoms. The number of nitro groups is 1. The SMILES string of the molecule is NC1CCCCC1NC(=O)C1Cc2ncn(Cc3ccccc3[N+](=O)[O-])c2CN1C(=O)Nc1ccc(F)cc1. The van der Waals surface area contributed by atoms with Crippen molar-refractivity contribution in [2.24, 2.45) is 5.73 Å². The van der Waals surface area contributed by atoms with Crippen LogP contribution in [0.5, 0.6) is 0 Å². The average Bonchev–Trinajstić information content (AvgIpc) is 3.32. The van der Waals surface area contributed by atoms with E-state index in [2.05, 4.69) is 15.6 Å². The summed E-state index contributed by atoms with van der Waals surface area (Å²) in [6.07, 6.45) is 5.34. The van der Waals surface area contributed by atoms with E-state index in [4.69, 9.17) is 5.73 Å². The lowest BCUT2D eigenvalue weighted by atomic mass is 9.90. The monoisotopic (exact) mass is 535 g/mol. The minimum atomic E-state index is -0.846. The third-order valence-electron chi connectivity index (χ3n) is 7.45. The Morgan fingerprint density at radius 3 is 2.62 bits per heavy atom. The Bertz CT molecular complexity index is 1380. The van der Waals surface area contributed by atoms with Crippen molar-refractivity contribution in [2.45, 2.75) is 63.3 Å². The van der Waals surface area contributed by atoms with Gasteiger partial charge in [0.05, 0.1) is 35.7 Å². The molecule has 3 unspecified atom stereocenters. The largest absolute Gasteiger partial charge is 0.350 e. The fraction of sp³-hybridized carbons (Fsp3) is 0.370. The van der Waals surface area contributed by atoms with E-state index < -0.39 is 22.8 Å². The number of carbonyl (C=O) groups is 2. The summed E-state index contributed by atoms with van der Waals surface area (Å²) in [7, 11) is 0. The molecule has 12 heteroatoms. The Morgan fingerprint density at radius 1 is 1.13 bits per heavy atom. The van der Waals surface area contributed by atoms with E-state index in [0.717, 1.165) is 25.7 Å². The van der Waals surface area contributed by atoms with Crippen molar-refractivity contribution < 1.29 is 18.9 Å². The van der Waals surface area contributed by atoms with E-state index >= 15 is 0 Å². The molecular weight excluding hydrogens is 505 g/mol. The number of fused-ring (bicyclic) bond motifs is 1. The molecular formula is C27H30FN7O4. The van der Waals surface area contributed by atoms with Gasteiger partial charge in [0.1, 0.15) is 11.9 Å². The van der Waals surface area contributed by atoms with Gasteiger partial charge in [0.2, 0.25) is 5.91 Å². The molecule has 1 aromatic heterocycles. The predicted molar refractivity (Wildman–Crippen MR) is 141 cm³/mol. The van der Waals surface area contributed by atoms with Gasteiger partial charge >= 0.3 is 6.03 Å². The second-order valence-corrected chi connectivity index (χ2v) is 10.00. The second kappa shape index (κ2) is 11.2. The van der Waals surface area contributed by atoms with Crippen molar-refractivity contribution >= 4 is 23.3 Å². The number of hydrogen-bond donors (Lipinski definition) is 3. The molecule has 2 aliphatic rings. The number of carbonyl (C=O) groups excluding carboxylic acids is 2. The molecule has 0 saturated heterocycles. The minimum Gasteiger partial charge on any atom is -0.350 e. The van der Waals surface area contributed by atoms with Crippen LogP contribution in [0.1, 0.15) is 42.6 Å². The number of nitrogens with one attached hydrogen (secondary N) is 2. The first-order valence-electron chi connectivity index (χ1n) is 12.9. The smallest absolute Gasteiger partial charge is 0.322 e. The van der Waals surface area contributed by atoms with Gasteiger partial charge in [-0.25, -0.2) is 14.2 Å². The topological polar surface area (TPSA) is 148 Å². The summed E-state index contributed by atoms with van der Waals surface area (Å²) >= 11 is 0. The number of para-hydroxylation sites is 1. The van der Waals surface area contributed by atoms with Gasteiger partial charge < -0.3 is 25.8 Å². The molecule has 3 atom stereocenters. The first kappa shape index (κ1) is 26.3. The molecule has 0 bridgehead atoms. The predicted octanol–water partition coefficient (Wildman–Crippen LogP) is 3.32. The van der Waals surface area contributed by atoms with Gasteiger partial charge in [-0.2, -0.15) is 0 Å². The number of amides is 3.